The molecule has 1 aromatic heterocycles. The fourth-order valence-corrected chi connectivity index (χ4v) is 4.71. The molecule has 0 unspecified atom stereocenters. The first kappa shape index (κ1) is 21.4. The molecule has 0 bridgehead atoms. The van der Waals surface area contributed by atoms with E-state index in [1.54, 1.807) is 6.92 Å². The summed E-state index contributed by atoms with van der Waals surface area (Å²) in [7, 11) is 0.194. The van der Waals surface area contributed by atoms with Gasteiger partial charge in [0, 0.05) is 24.5 Å². The van der Waals surface area contributed by atoms with Crippen LogP contribution >= 0.6 is 22.9 Å². The molecule has 0 radical (unpaired) electrons. The molecule has 0 fully saturated rings. The highest BCUT2D eigenvalue weighted by molar-refractivity contribution is 7.89. The van der Waals surface area contributed by atoms with E-state index < -0.39 is 21.9 Å². The summed E-state index contributed by atoms with van der Waals surface area (Å²) >= 11 is 7.24. The van der Waals surface area contributed by atoms with Crippen molar-refractivity contribution in [3.63, 3.8) is 0 Å². The van der Waals surface area contributed by atoms with E-state index >= 15 is 0 Å². The number of carbonyl (C=O) groups is 2. The highest BCUT2D eigenvalue weighted by Gasteiger charge is 2.25. The molecule has 0 aliphatic heterocycles. The van der Waals surface area contributed by atoms with Crippen LogP contribution in [0.2, 0.25) is 5.02 Å². The van der Waals surface area contributed by atoms with E-state index in [2.05, 4.69) is 5.32 Å². The largest absolute Gasteiger partial charge is 0.465 e. The maximum atomic E-state index is 12.7. The quantitative estimate of drug-likeness (QED) is 0.734. The second-order valence-electron chi connectivity index (χ2n) is 5.87. The van der Waals surface area contributed by atoms with E-state index in [4.69, 9.17) is 16.3 Å². The molecule has 10 heteroatoms. The average Bonchev–Trinajstić information content (AvgIpc) is 2.88. The number of methoxy groups -OCH3 is 1. The Balaban J connectivity index is 2.44. The molecule has 146 valence electrons. The molecule has 2 rings (SSSR count). The standard InChI is InChI=1S/C17H19ClN2O5S2/c1-9-10(2)26-16(14(9)17(22)25-5)19-15(21)11-6-7-12(18)13(8-11)27(23,24)20(3)4/h6-8H,1-5H3,(H,19,21). The Bertz CT molecular complexity index is 1010. The van der Waals surface area contributed by atoms with Crippen LogP contribution in [0.3, 0.4) is 0 Å². The van der Waals surface area contributed by atoms with Crippen molar-refractivity contribution in [1.29, 1.82) is 0 Å². The number of hydrogen-bond acceptors (Lipinski definition) is 6. The predicted molar refractivity (Wildman–Crippen MR) is 105 cm³/mol. The maximum absolute atomic E-state index is 12.7. The summed E-state index contributed by atoms with van der Waals surface area (Å²) in [4.78, 5) is 25.4. The molecule has 0 saturated carbocycles. The lowest BCUT2D eigenvalue weighted by Gasteiger charge is -2.14. The number of esters is 1. The molecule has 7 nitrogen and oxygen atoms in total. The van der Waals surface area contributed by atoms with E-state index in [1.165, 1.54) is 50.7 Å². The Kier molecular flexibility index (Phi) is 6.31. The molecular weight excluding hydrogens is 412 g/mol. The van der Waals surface area contributed by atoms with Gasteiger partial charge in [0.2, 0.25) is 10.0 Å². The van der Waals surface area contributed by atoms with Crippen LogP contribution in [0.1, 0.15) is 31.2 Å². The number of nitrogens with zero attached hydrogens (tertiary/aromatic N) is 1. The number of aryl methyl sites for hydroxylation is 1. The maximum Gasteiger partial charge on any atom is 0.341 e. The second-order valence-corrected chi connectivity index (χ2v) is 9.62. The minimum Gasteiger partial charge on any atom is -0.465 e. The fourth-order valence-electron chi connectivity index (χ4n) is 2.28. The van der Waals surface area contributed by atoms with Gasteiger partial charge in [-0.2, -0.15) is 0 Å². The summed E-state index contributed by atoms with van der Waals surface area (Å²) < 4.78 is 30.5. The van der Waals surface area contributed by atoms with Crippen LogP contribution in [0.15, 0.2) is 23.1 Å². The molecule has 0 saturated heterocycles. The Morgan fingerprint density at radius 3 is 2.41 bits per heavy atom. The fraction of sp³-hybridized carbons (Fsp3) is 0.294. The van der Waals surface area contributed by atoms with Crippen LogP contribution in [-0.2, 0) is 14.8 Å². The molecule has 2 aromatic rings. The van der Waals surface area contributed by atoms with Gasteiger partial charge in [-0.1, -0.05) is 11.6 Å². The molecular formula is C17H19ClN2O5S2. The van der Waals surface area contributed by atoms with Gasteiger partial charge in [-0.25, -0.2) is 17.5 Å². The lowest BCUT2D eigenvalue weighted by Crippen LogP contribution is -2.23. The van der Waals surface area contributed by atoms with Crippen molar-refractivity contribution in [1.82, 2.24) is 4.31 Å². The van der Waals surface area contributed by atoms with Crippen molar-refractivity contribution in [2.24, 2.45) is 0 Å². The zero-order valence-electron chi connectivity index (χ0n) is 15.4. The molecule has 1 N–H and O–H groups in total. The smallest absolute Gasteiger partial charge is 0.341 e. The predicted octanol–water partition coefficient (Wildman–Crippen LogP) is 3.31. The van der Waals surface area contributed by atoms with E-state index in [9.17, 15) is 18.0 Å². The number of anilines is 1. The summed E-state index contributed by atoms with van der Waals surface area (Å²) in [5.74, 6) is -1.12. The summed E-state index contributed by atoms with van der Waals surface area (Å²) in [6.07, 6.45) is 0. The van der Waals surface area contributed by atoms with Crippen LogP contribution in [0, 0.1) is 13.8 Å². The number of thiophene rings is 1. The van der Waals surface area contributed by atoms with Crippen LogP contribution < -0.4 is 5.32 Å². The molecule has 1 heterocycles. The van der Waals surface area contributed by atoms with Crippen LogP contribution in [0.4, 0.5) is 5.00 Å². The van der Waals surface area contributed by atoms with Crippen molar-refractivity contribution >= 4 is 49.8 Å². The highest BCUT2D eigenvalue weighted by Crippen LogP contribution is 2.33. The van der Waals surface area contributed by atoms with E-state index in [0.717, 1.165) is 9.18 Å². The van der Waals surface area contributed by atoms with Crippen molar-refractivity contribution in [2.75, 3.05) is 26.5 Å². The van der Waals surface area contributed by atoms with E-state index in [0.29, 0.717) is 10.6 Å². The van der Waals surface area contributed by atoms with Gasteiger partial charge in [0.1, 0.15) is 9.90 Å². The van der Waals surface area contributed by atoms with Crippen LogP contribution in [0.5, 0.6) is 0 Å². The van der Waals surface area contributed by atoms with Crippen LogP contribution in [-0.4, -0.2) is 45.8 Å². The van der Waals surface area contributed by atoms with Crippen molar-refractivity contribution in [2.45, 2.75) is 18.7 Å². The monoisotopic (exact) mass is 430 g/mol. The normalized spacial score (nSPS) is 11.5. The van der Waals surface area contributed by atoms with Crippen molar-refractivity contribution in [3.8, 4) is 0 Å². The van der Waals surface area contributed by atoms with Crippen LogP contribution in [0.25, 0.3) is 0 Å². The Morgan fingerprint density at radius 1 is 1.22 bits per heavy atom. The van der Waals surface area contributed by atoms with E-state index in [-0.39, 0.29) is 21.0 Å². The van der Waals surface area contributed by atoms with Gasteiger partial charge in [-0.05, 0) is 37.6 Å². The third-order valence-corrected chi connectivity index (χ3v) is 7.37. The Labute approximate surface area is 166 Å². The summed E-state index contributed by atoms with van der Waals surface area (Å²) in [5, 5.41) is 3.01. The Morgan fingerprint density at radius 2 is 1.85 bits per heavy atom. The number of hydrogen-bond donors (Lipinski definition) is 1. The minimum atomic E-state index is -3.81. The number of rotatable bonds is 5. The van der Waals surface area contributed by atoms with Gasteiger partial charge in [0.05, 0.1) is 17.7 Å². The molecule has 1 aromatic carbocycles. The number of ether oxygens (including phenoxy) is 1. The second kappa shape index (κ2) is 7.97. The SMILES string of the molecule is COC(=O)c1c(NC(=O)c2ccc(Cl)c(S(=O)(=O)N(C)C)c2)sc(C)c1C. The topological polar surface area (TPSA) is 92.8 Å². The number of carbonyl (C=O) groups excluding carboxylic acids is 2. The van der Waals surface area contributed by atoms with Gasteiger partial charge in [-0.3, -0.25) is 4.79 Å². The third kappa shape index (κ3) is 4.16. The first-order chi connectivity index (χ1) is 12.5. The molecule has 0 aliphatic carbocycles. The van der Waals surface area contributed by atoms with Crippen molar-refractivity contribution < 1.29 is 22.7 Å². The highest BCUT2D eigenvalue weighted by atomic mass is 35.5. The molecule has 1 amide bonds. The van der Waals surface area contributed by atoms with Gasteiger partial charge in [0.15, 0.2) is 0 Å². The number of halogens is 1. The molecule has 27 heavy (non-hydrogen) atoms. The van der Waals surface area contributed by atoms with Gasteiger partial charge in [0.25, 0.3) is 5.91 Å². The molecule has 0 spiro atoms. The van der Waals surface area contributed by atoms with Gasteiger partial charge >= 0.3 is 5.97 Å². The number of amides is 1. The summed E-state index contributed by atoms with van der Waals surface area (Å²) in [6.45, 7) is 3.59. The van der Waals surface area contributed by atoms with E-state index in [1.807, 2.05) is 6.92 Å². The van der Waals surface area contributed by atoms with Gasteiger partial charge < -0.3 is 10.1 Å². The molecule has 0 aliphatic rings. The molecule has 0 atom stereocenters. The average molecular weight is 431 g/mol. The number of benzene rings is 1. The zero-order valence-corrected chi connectivity index (χ0v) is 17.8. The van der Waals surface area contributed by atoms with Crippen molar-refractivity contribution in [3.05, 3.63) is 44.8 Å². The third-order valence-electron chi connectivity index (χ3n) is 3.95. The number of nitrogens with one attached hydrogen (secondary N) is 1. The Hall–Kier alpha value is -1.94. The first-order valence-electron chi connectivity index (χ1n) is 7.72. The summed E-state index contributed by atoms with van der Waals surface area (Å²) in [5.41, 5.74) is 1.09. The number of sulfonamides is 1. The zero-order chi connectivity index (χ0) is 20.5. The first-order valence-corrected chi connectivity index (χ1v) is 10.4. The minimum absolute atomic E-state index is 0.0123. The lowest BCUT2D eigenvalue weighted by atomic mass is 10.1. The van der Waals surface area contributed by atoms with Gasteiger partial charge in [-0.15, -0.1) is 11.3 Å². The summed E-state index contributed by atoms with van der Waals surface area (Å²) in [6, 6.07) is 3.97. The lowest BCUT2D eigenvalue weighted by molar-refractivity contribution is 0.0601.